The minimum absolute atomic E-state index is 0.0166. The van der Waals surface area contributed by atoms with Crippen molar-refractivity contribution >= 4 is 27.3 Å². The fourth-order valence-corrected chi connectivity index (χ4v) is 3.64. The molecule has 8 heteroatoms. The fraction of sp³-hybridized carbons (Fsp3) is 0.235. The van der Waals surface area contributed by atoms with Crippen molar-refractivity contribution < 1.29 is 22.0 Å². The van der Waals surface area contributed by atoms with Crippen LogP contribution >= 0.6 is 0 Å². The quantitative estimate of drug-likeness (QED) is 0.883. The summed E-state index contributed by atoms with van der Waals surface area (Å²) >= 11 is 0. The van der Waals surface area contributed by atoms with Gasteiger partial charge in [-0.25, -0.2) is 17.2 Å². The van der Waals surface area contributed by atoms with E-state index in [1.54, 1.807) is 0 Å². The van der Waals surface area contributed by atoms with Crippen LogP contribution in [0.2, 0.25) is 0 Å². The Morgan fingerprint density at radius 2 is 1.68 bits per heavy atom. The summed E-state index contributed by atoms with van der Waals surface area (Å²) in [6.45, 7) is 1.37. The highest BCUT2D eigenvalue weighted by Crippen LogP contribution is 2.37. The molecule has 0 aliphatic heterocycles. The number of halogens is 2. The summed E-state index contributed by atoms with van der Waals surface area (Å²) in [5.41, 5.74) is 0.258. The lowest BCUT2D eigenvalue weighted by Crippen LogP contribution is -2.31. The number of benzene rings is 2. The number of nitrogens with zero attached hydrogens (tertiary/aromatic N) is 1. The van der Waals surface area contributed by atoms with E-state index in [0.717, 1.165) is 43.2 Å². The number of carbonyl (C=O) groups is 1. The molecule has 0 heterocycles. The Labute approximate surface area is 144 Å². The van der Waals surface area contributed by atoms with E-state index >= 15 is 0 Å². The van der Waals surface area contributed by atoms with E-state index in [9.17, 15) is 22.0 Å². The largest absolute Gasteiger partial charge is 0.308 e. The van der Waals surface area contributed by atoms with Crippen molar-refractivity contribution in [3.05, 3.63) is 54.1 Å². The van der Waals surface area contributed by atoms with Crippen molar-refractivity contribution in [3.63, 3.8) is 0 Å². The van der Waals surface area contributed by atoms with Crippen LogP contribution in [0.3, 0.4) is 0 Å². The van der Waals surface area contributed by atoms with Gasteiger partial charge in [0.25, 0.3) is 10.0 Å². The lowest BCUT2D eigenvalue weighted by Gasteiger charge is -2.24. The number of hydrogen-bond donors (Lipinski definition) is 1. The van der Waals surface area contributed by atoms with Gasteiger partial charge >= 0.3 is 0 Å². The molecular weight excluding hydrogens is 350 g/mol. The van der Waals surface area contributed by atoms with E-state index < -0.39 is 21.7 Å². The molecule has 0 aromatic heterocycles. The third kappa shape index (κ3) is 3.79. The fourth-order valence-electron chi connectivity index (χ4n) is 2.57. The van der Waals surface area contributed by atoms with Crippen molar-refractivity contribution in [1.29, 1.82) is 0 Å². The van der Waals surface area contributed by atoms with Crippen molar-refractivity contribution in [2.75, 3.05) is 9.62 Å². The second kappa shape index (κ2) is 6.44. The topological polar surface area (TPSA) is 66.5 Å². The minimum Gasteiger partial charge on any atom is -0.308 e. The Balaban J connectivity index is 2.00. The standard InChI is InChI=1S/C17H16F2N2O3S/c1-11(22)21(14-5-6-14)17-9-4-13(19)10-16(17)20-25(23,24)15-7-2-12(18)3-8-15/h2-4,7-10,14,20H,5-6H2,1H3. The van der Waals surface area contributed by atoms with Crippen LogP contribution in [-0.2, 0) is 14.8 Å². The molecule has 1 aliphatic carbocycles. The second-order valence-electron chi connectivity index (χ2n) is 5.84. The first-order valence-electron chi connectivity index (χ1n) is 7.65. The molecular formula is C17H16F2N2O3S. The molecule has 1 fully saturated rings. The lowest BCUT2D eigenvalue weighted by molar-refractivity contribution is -0.116. The van der Waals surface area contributed by atoms with E-state index in [2.05, 4.69) is 4.72 Å². The zero-order chi connectivity index (χ0) is 18.2. The molecule has 25 heavy (non-hydrogen) atoms. The average molecular weight is 366 g/mol. The number of anilines is 2. The van der Waals surface area contributed by atoms with Crippen LogP contribution in [0.1, 0.15) is 19.8 Å². The number of carbonyl (C=O) groups excluding carboxylic acids is 1. The first-order chi connectivity index (χ1) is 11.8. The van der Waals surface area contributed by atoms with E-state index in [-0.39, 0.29) is 22.5 Å². The van der Waals surface area contributed by atoms with E-state index in [0.29, 0.717) is 5.69 Å². The predicted molar refractivity (Wildman–Crippen MR) is 89.8 cm³/mol. The van der Waals surface area contributed by atoms with Crippen LogP contribution in [0, 0.1) is 11.6 Å². The molecule has 0 bridgehead atoms. The molecule has 1 N–H and O–H groups in total. The average Bonchev–Trinajstić information content (AvgIpc) is 3.34. The van der Waals surface area contributed by atoms with Crippen LogP contribution in [-0.4, -0.2) is 20.4 Å². The molecule has 0 unspecified atom stereocenters. The number of nitrogens with one attached hydrogen (secondary N) is 1. The van der Waals surface area contributed by atoms with Gasteiger partial charge in [0.2, 0.25) is 5.91 Å². The molecule has 1 amide bonds. The molecule has 0 saturated heterocycles. The molecule has 2 aromatic carbocycles. The first kappa shape index (κ1) is 17.3. The summed E-state index contributed by atoms with van der Waals surface area (Å²) in [5.74, 6) is -1.46. The van der Waals surface area contributed by atoms with Gasteiger partial charge < -0.3 is 4.90 Å². The van der Waals surface area contributed by atoms with E-state index in [4.69, 9.17) is 0 Å². The molecule has 1 aliphatic rings. The summed E-state index contributed by atoms with van der Waals surface area (Å²) in [5, 5.41) is 0. The zero-order valence-electron chi connectivity index (χ0n) is 13.4. The predicted octanol–water partition coefficient (Wildman–Crippen LogP) is 3.28. The van der Waals surface area contributed by atoms with Crippen molar-refractivity contribution in [3.8, 4) is 0 Å². The van der Waals surface area contributed by atoms with Gasteiger partial charge in [-0.3, -0.25) is 9.52 Å². The smallest absolute Gasteiger partial charge is 0.261 e. The Bertz CT molecular complexity index is 910. The Morgan fingerprint density at radius 1 is 1.08 bits per heavy atom. The maximum atomic E-state index is 13.7. The maximum absolute atomic E-state index is 13.7. The van der Waals surface area contributed by atoms with Gasteiger partial charge in [-0.2, -0.15) is 0 Å². The van der Waals surface area contributed by atoms with E-state index in [1.165, 1.54) is 24.0 Å². The van der Waals surface area contributed by atoms with Crippen LogP contribution in [0.25, 0.3) is 0 Å². The van der Waals surface area contributed by atoms with Crippen LogP contribution < -0.4 is 9.62 Å². The van der Waals surface area contributed by atoms with Gasteiger partial charge in [-0.1, -0.05) is 0 Å². The summed E-state index contributed by atoms with van der Waals surface area (Å²) in [7, 11) is -4.06. The third-order valence-corrected chi connectivity index (χ3v) is 5.22. The second-order valence-corrected chi connectivity index (χ2v) is 7.52. The highest BCUT2D eigenvalue weighted by Gasteiger charge is 2.34. The van der Waals surface area contributed by atoms with Crippen molar-refractivity contribution in [2.24, 2.45) is 0 Å². The highest BCUT2D eigenvalue weighted by molar-refractivity contribution is 7.92. The Hall–Kier alpha value is -2.48. The number of hydrogen-bond acceptors (Lipinski definition) is 3. The van der Waals surface area contributed by atoms with Gasteiger partial charge in [-0.15, -0.1) is 0 Å². The maximum Gasteiger partial charge on any atom is 0.261 e. The molecule has 0 spiro atoms. The van der Waals surface area contributed by atoms with Gasteiger partial charge in [0.1, 0.15) is 11.6 Å². The van der Waals surface area contributed by atoms with Gasteiger partial charge in [-0.05, 0) is 49.2 Å². The Morgan fingerprint density at radius 3 is 2.24 bits per heavy atom. The number of sulfonamides is 1. The summed E-state index contributed by atoms with van der Waals surface area (Å²) in [6, 6.07) is 7.81. The zero-order valence-corrected chi connectivity index (χ0v) is 14.2. The molecule has 2 aromatic rings. The third-order valence-electron chi connectivity index (χ3n) is 3.84. The van der Waals surface area contributed by atoms with Crippen LogP contribution in [0.15, 0.2) is 47.4 Å². The van der Waals surface area contributed by atoms with Crippen LogP contribution in [0.4, 0.5) is 20.2 Å². The van der Waals surface area contributed by atoms with E-state index in [1.807, 2.05) is 0 Å². The van der Waals surface area contributed by atoms with Gasteiger partial charge in [0.05, 0.1) is 16.3 Å². The van der Waals surface area contributed by atoms with Crippen molar-refractivity contribution in [1.82, 2.24) is 0 Å². The number of rotatable bonds is 5. The SMILES string of the molecule is CC(=O)N(c1ccc(F)cc1NS(=O)(=O)c1ccc(F)cc1)C1CC1. The molecule has 1 saturated carbocycles. The first-order valence-corrected chi connectivity index (χ1v) is 9.14. The van der Waals surface area contributed by atoms with Crippen LogP contribution in [0.5, 0.6) is 0 Å². The highest BCUT2D eigenvalue weighted by atomic mass is 32.2. The summed E-state index contributed by atoms with van der Waals surface area (Å²) < 4.78 is 54.0. The lowest BCUT2D eigenvalue weighted by atomic mass is 10.2. The molecule has 5 nitrogen and oxygen atoms in total. The molecule has 132 valence electrons. The van der Waals surface area contributed by atoms with Crippen molar-refractivity contribution in [2.45, 2.75) is 30.7 Å². The molecule has 3 rings (SSSR count). The molecule has 0 radical (unpaired) electrons. The van der Waals surface area contributed by atoms with Gasteiger partial charge in [0, 0.05) is 19.0 Å². The minimum atomic E-state index is -4.06. The Kier molecular flexibility index (Phi) is 4.47. The monoisotopic (exact) mass is 366 g/mol. The number of amides is 1. The summed E-state index contributed by atoms with van der Waals surface area (Å²) in [6.07, 6.45) is 1.61. The molecule has 0 atom stereocenters. The van der Waals surface area contributed by atoms with Gasteiger partial charge in [0.15, 0.2) is 0 Å². The summed E-state index contributed by atoms with van der Waals surface area (Å²) in [4.78, 5) is 13.2. The normalized spacial score (nSPS) is 14.2.